The fourth-order valence-corrected chi connectivity index (χ4v) is 1.96. The highest BCUT2D eigenvalue weighted by atomic mass is 14.2. The zero-order chi connectivity index (χ0) is 10.3. The molecule has 74 valence electrons. The van der Waals surface area contributed by atoms with Crippen molar-refractivity contribution in [3.05, 3.63) is 41.0 Å². The van der Waals surface area contributed by atoms with E-state index in [-0.39, 0.29) is 5.41 Å². The molecule has 2 rings (SSSR count). The van der Waals surface area contributed by atoms with Crippen LogP contribution in [-0.2, 0) is 11.8 Å². The minimum atomic E-state index is 0.262. The summed E-state index contributed by atoms with van der Waals surface area (Å²) in [4.78, 5) is 0. The molecular formula is C14H18. The highest BCUT2D eigenvalue weighted by molar-refractivity contribution is 5.72. The zero-order valence-corrected chi connectivity index (χ0v) is 9.52. The van der Waals surface area contributed by atoms with Crippen molar-refractivity contribution in [3.63, 3.8) is 0 Å². The number of benzene rings is 1. The predicted octanol–water partition coefficient (Wildman–Crippen LogP) is 3.94. The second-order valence-electron chi connectivity index (χ2n) is 5.21. The monoisotopic (exact) mass is 186 g/mol. The standard InChI is InChI=1S/C14H18/c1-10-5-6-11-7-8-12(9-13(10)11)14(2,3)4/h5,7-9H,6H2,1-4H3. The molecule has 0 saturated carbocycles. The van der Waals surface area contributed by atoms with Crippen molar-refractivity contribution >= 4 is 5.57 Å². The molecular weight excluding hydrogens is 168 g/mol. The third-order valence-electron chi connectivity index (χ3n) is 3.03. The van der Waals surface area contributed by atoms with Crippen LogP contribution in [0.2, 0.25) is 0 Å². The summed E-state index contributed by atoms with van der Waals surface area (Å²) >= 11 is 0. The summed E-state index contributed by atoms with van der Waals surface area (Å²) < 4.78 is 0. The molecule has 0 fully saturated rings. The van der Waals surface area contributed by atoms with Gasteiger partial charge in [-0.3, -0.25) is 0 Å². The van der Waals surface area contributed by atoms with E-state index < -0.39 is 0 Å². The van der Waals surface area contributed by atoms with E-state index >= 15 is 0 Å². The molecule has 1 aromatic carbocycles. The number of fused-ring (bicyclic) bond motifs is 1. The molecule has 1 aromatic rings. The minimum Gasteiger partial charge on any atom is -0.0766 e. The van der Waals surface area contributed by atoms with Crippen LogP contribution in [0.5, 0.6) is 0 Å². The second kappa shape index (κ2) is 2.98. The van der Waals surface area contributed by atoms with E-state index in [2.05, 4.69) is 52.0 Å². The maximum Gasteiger partial charge on any atom is -0.00855 e. The molecule has 0 heteroatoms. The van der Waals surface area contributed by atoms with Crippen LogP contribution in [0, 0.1) is 0 Å². The van der Waals surface area contributed by atoms with Gasteiger partial charge >= 0.3 is 0 Å². The summed E-state index contributed by atoms with van der Waals surface area (Å²) in [6.45, 7) is 9.01. The van der Waals surface area contributed by atoms with Gasteiger partial charge in [0.1, 0.15) is 0 Å². The maximum absolute atomic E-state index is 2.36. The second-order valence-corrected chi connectivity index (χ2v) is 5.21. The molecule has 1 aliphatic carbocycles. The number of rotatable bonds is 0. The molecule has 0 spiro atoms. The average molecular weight is 186 g/mol. The molecule has 0 radical (unpaired) electrons. The van der Waals surface area contributed by atoms with Crippen molar-refractivity contribution in [2.45, 2.75) is 39.5 Å². The fraction of sp³-hybridized carbons (Fsp3) is 0.429. The van der Waals surface area contributed by atoms with Crippen LogP contribution in [0.15, 0.2) is 24.3 Å². The van der Waals surface area contributed by atoms with Crippen LogP contribution in [0.25, 0.3) is 5.57 Å². The van der Waals surface area contributed by atoms with Gasteiger partial charge in [0.25, 0.3) is 0 Å². The predicted molar refractivity (Wildman–Crippen MR) is 62.5 cm³/mol. The summed E-state index contributed by atoms with van der Waals surface area (Å²) in [6.07, 6.45) is 3.43. The Labute approximate surface area is 86.7 Å². The van der Waals surface area contributed by atoms with Gasteiger partial charge in [0.05, 0.1) is 0 Å². The van der Waals surface area contributed by atoms with E-state index in [1.165, 1.54) is 22.3 Å². The Kier molecular flexibility index (Phi) is 2.02. The normalized spacial score (nSPS) is 15.3. The van der Waals surface area contributed by atoms with Gasteiger partial charge in [0, 0.05) is 0 Å². The third-order valence-corrected chi connectivity index (χ3v) is 3.03. The number of allylic oxidation sites excluding steroid dienone is 2. The van der Waals surface area contributed by atoms with Crippen molar-refractivity contribution in [1.29, 1.82) is 0 Å². The van der Waals surface area contributed by atoms with E-state index in [0.29, 0.717) is 0 Å². The Balaban J connectivity index is 2.50. The lowest BCUT2D eigenvalue weighted by molar-refractivity contribution is 0.590. The average Bonchev–Trinajstić information content (AvgIpc) is 2.46. The minimum absolute atomic E-state index is 0.262. The molecule has 0 N–H and O–H groups in total. The first-order chi connectivity index (χ1) is 6.48. The molecule has 0 nitrogen and oxygen atoms in total. The van der Waals surface area contributed by atoms with E-state index in [0.717, 1.165) is 6.42 Å². The summed E-state index contributed by atoms with van der Waals surface area (Å²) in [5, 5.41) is 0. The molecule has 0 saturated heterocycles. The molecule has 0 amide bonds. The lowest BCUT2D eigenvalue weighted by Crippen LogP contribution is -2.11. The Hall–Kier alpha value is -1.04. The molecule has 0 bridgehead atoms. The molecule has 0 heterocycles. The zero-order valence-electron chi connectivity index (χ0n) is 9.52. The van der Waals surface area contributed by atoms with Crippen molar-refractivity contribution in [3.8, 4) is 0 Å². The van der Waals surface area contributed by atoms with Crippen molar-refractivity contribution in [2.24, 2.45) is 0 Å². The molecule has 14 heavy (non-hydrogen) atoms. The largest absolute Gasteiger partial charge is 0.0766 e. The van der Waals surface area contributed by atoms with Gasteiger partial charge in [0.15, 0.2) is 0 Å². The van der Waals surface area contributed by atoms with Crippen LogP contribution < -0.4 is 0 Å². The Morgan fingerprint density at radius 3 is 2.50 bits per heavy atom. The highest BCUT2D eigenvalue weighted by Crippen LogP contribution is 2.31. The number of hydrogen-bond acceptors (Lipinski definition) is 0. The van der Waals surface area contributed by atoms with Crippen LogP contribution in [0.3, 0.4) is 0 Å². The van der Waals surface area contributed by atoms with Crippen LogP contribution in [-0.4, -0.2) is 0 Å². The van der Waals surface area contributed by atoms with Crippen LogP contribution >= 0.6 is 0 Å². The summed E-state index contributed by atoms with van der Waals surface area (Å²) in [5.41, 5.74) is 6.07. The Morgan fingerprint density at radius 2 is 1.86 bits per heavy atom. The van der Waals surface area contributed by atoms with Crippen molar-refractivity contribution in [1.82, 2.24) is 0 Å². The fourth-order valence-electron chi connectivity index (χ4n) is 1.96. The highest BCUT2D eigenvalue weighted by Gasteiger charge is 2.17. The quantitative estimate of drug-likeness (QED) is 0.575. The van der Waals surface area contributed by atoms with Crippen molar-refractivity contribution in [2.75, 3.05) is 0 Å². The smallest absolute Gasteiger partial charge is 0.00855 e. The first kappa shape index (κ1) is 9.51. The first-order valence-corrected chi connectivity index (χ1v) is 5.29. The summed E-state index contributed by atoms with van der Waals surface area (Å²) in [6, 6.07) is 6.91. The molecule has 0 atom stereocenters. The Morgan fingerprint density at radius 1 is 1.14 bits per heavy atom. The van der Waals surface area contributed by atoms with Crippen LogP contribution in [0.4, 0.5) is 0 Å². The van der Waals surface area contributed by atoms with Gasteiger partial charge in [-0.2, -0.15) is 0 Å². The van der Waals surface area contributed by atoms with Crippen molar-refractivity contribution < 1.29 is 0 Å². The summed E-state index contributed by atoms with van der Waals surface area (Å²) in [5.74, 6) is 0. The first-order valence-electron chi connectivity index (χ1n) is 5.29. The Bertz CT molecular complexity index is 389. The molecule has 0 unspecified atom stereocenters. The van der Waals surface area contributed by atoms with Gasteiger partial charge in [0.2, 0.25) is 0 Å². The van der Waals surface area contributed by atoms with Gasteiger partial charge in [-0.25, -0.2) is 0 Å². The lowest BCUT2D eigenvalue weighted by Gasteiger charge is -2.20. The summed E-state index contributed by atoms with van der Waals surface area (Å²) in [7, 11) is 0. The van der Waals surface area contributed by atoms with Gasteiger partial charge in [-0.15, -0.1) is 0 Å². The molecule has 1 aliphatic rings. The molecule has 0 aliphatic heterocycles. The maximum atomic E-state index is 2.36. The van der Waals surface area contributed by atoms with Gasteiger partial charge < -0.3 is 0 Å². The van der Waals surface area contributed by atoms with E-state index in [1.54, 1.807) is 0 Å². The van der Waals surface area contributed by atoms with E-state index in [9.17, 15) is 0 Å². The number of hydrogen-bond donors (Lipinski definition) is 0. The van der Waals surface area contributed by atoms with E-state index in [4.69, 9.17) is 0 Å². The van der Waals surface area contributed by atoms with E-state index in [1.807, 2.05) is 0 Å². The molecule has 0 aromatic heterocycles. The van der Waals surface area contributed by atoms with Gasteiger partial charge in [-0.05, 0) is 41.0 Å². The third kappa shape index (κ3) is 1.50. The van der Waals surface area contributed by atoms with Gasteiger partial charge in [-0.1, -0.05) is 45.0 Å². The van der Waals surface area contributed by atoms with Crippen LogP contribution in [0.1, 0.15) is 44.4 Å². The SMILES string of the molecule is CC1=CCc2ccc(C(C)(C)C)cc21. The topological polar surface area (TPSA) is 0 Å². The lowest BCUT2D eigenvalue weighted by atomic mass is 9.85.